The van der Waals surface area contributed by atoms with Gasteiger partial charge in [0.1, 0.15) is 34.7 Å². The Morgan fingerprint density at radius 3 is 2.35 bits per heavy atom. The van der Waals surface area contributed by atoms with E-state index in [2.05, 4.69) is 10.3 Å². The quantitative estimate of drug-likeness (QED) is 0.298. The Bertz CT molecular complexity index is 1300. The first-order valence-corrected chi connectivity index (χ1v) is 10.7. The highest BCUT2D eigenvalue weighted by Gasteiger charge is 2.30. The van der Waals surface area contributed by atoms with Crippen LogP contribution >= 0.6 is 11.3 Å². The molecule has 4 aromatic rings. The van der Waals surface area contributed by atoms with E-state index in [9.17, 15) is 26.7 Å². The van der Waals surface area contributed by atoms with Crippen LogP contribution in [0.2, 0.25) is 0 Å². The summed E-state index contributed by atoms with van der Waals surface area (Å²) in [6.07, 6.45) is -4.46. The van der Waals surface area contributed by atoms with E-state index in [-0.39, 0.29) is 23.6 Å². The van der Waals surface area contributed by atoms with Crippen LogP contribution in [-0.2, 0) is 12.8 Å². The average molecular weight is 490 g/mol. The van der Waals surface area contributed by atoms with Gasteiger partial charge in [-0.25, -0.2) is 13.8 Å². The zero-order chi connectivity index (χ0) is 24.3. The highest BCUT2D eigenvalue weighted by molar-refractivity contribution is 7.13. The molecule has 1 amide bonds. The third-order valence-electron chi connectivity index (χ3n) is 4.71. The zero-order valence-corrected chi connectivity index (χ0v) is 18.0. The number of thiazole rings is 1. The Balaban J connectivity index is 1.38. The van der Waals surface area contributed by atoms with Gasteiger partial charge in [-0.1, -0.05) is 0 Å². The number of alkyl halides is 3. The summed E-state index contributed by atoms with van der Waals surface area (Å²) in [5.41, 5.74) is 0.302. The number of amides is 1. The number of halogens is 5. The lowest BCUT2D eigenvalue weighted by Crippen LogP contribution is -2.12. The maximum absolute atomic E-state index is 13.7. The van der Waals surface area contributed by atoms with Crippen molar-refractivity contribution < 1.29 is 31.5 Å². The molecular formula is C24H15F5N2O2S. The van der Waals surface area contributed by atoms with Gasteiger partial charge in [0.05, 0.1) is 5.56 Å². The van der Waals surface area contributed by atoms with E-state index in [0.29, 0.717) is 16.3 Å². The maximum atomic E-state index is 13.7. The summed E-state index contributed by atoms with van der Waals surface area (Å²) in [5, 5.41) is 4.59. The zero-order valence-electron chi connectivity index (χ0n) is 17.2. The summed E-state index contributed by atoms with van der Waals surface area (Å²) >= 11 is 1.21. The van der Waals surface area contributed by atoms with E-state index in [0.717, 1.165) is 30.3 Å². The van der Waals surface area contributed by atoms with Crippen molar-refractivity contribution >= 4 is 22.9 Å². The normalized spacial score (nSPS) is 11.3. The van der Waals surface area contributed by atoms with Gasteiger partial charge in [0.2, 0.25) is 0 Å². The molecule has 0 spiro atoms. The van der Waals surface area contributed by atoms with E-state index in [4.69, 9.17) is 4.74 Å². The Kier molecular flexibility index (Phi) is 6.60. The molecule has 4 rings (SSSR count). The van der Waals surface area contributed by atoms with E-state index in [1.54, 1.807) is 24.3 Å². The summed E-state index contributed by atoms with van der Waals surface area (Å²) in [6, 6.07) is 13.9. The minimum atomic E-state index is -4.46. The summed E-state index contributed by atoms with van der Waals surface area (Å²) < 4.78 is 70.4. The van der Waals surface area contributed by atoms with E-state index in [1.165, 1.54) is 28.8 Å². The van der Waals surface area contributed by atoms with Gasteiger partial charge in [0.15, 0.2) is 0 Å². The minimum absolute atomic E-state index is 0.0905. The van der Waals surface area contributed by atoms with Crippen molar-refractivity contribution in [2.24, 2.45) is 0 Å². The monoisotopic (exact) mass is 490 g/mol. The number of nitrogens with zero attached hydrogens (tertiary/aromatic N) is 1. The molecule has 0 unspecified atom stereocenters. The standard InChI is InChI=1S/C24H15F5N2O2S/c25-17-5-10-20(26)15(11-17)12-33-19-8-1-14(2-9-19)23-31-21(13-34-23)22(32)30-18-6-3-16(4-7-18)24(27,28)29/h1-11,13H,12H2,(H,30,32). The lowest BCUT2D eigenvalue weighted by atomic mass is 10.2. The second-order valence-electron chi connectivity index (χ2n) is 7.12. The van der Waals surface area contributed by atoms with Crippen molar-refractivity contribution in [3.63, 3.8) is 0 Å². The molecular weight excluding hydrogens is 475 g/mol. The number of carbonyl (C=O) groups excluding carboxylic acids is 1. The van der Waals surface area contributed by atoms with Gasteiger partial charge < -0.3 is 10.1 Å². The first kappa shape index (κ1) is 23.4. The molecule has 0 atom stereocenters. The molecule has 0 saturated heterocycles. The molecule has 0 aliphatic carbocycles. The third kappa shape index (κ3) is 5.57. The van der Waals surface area contributed by atoms with Crippen LogP contribution in [0.3, 0.4) is 0 Å². The molecule has 0 fully saturated rings. The SMILES string of the molecule is O=C(Nc1ccc(C(F)(F)F)cc1)c1csc(-c2ccc(OCc3cc(F)ccc3F)cc2)n1. The third-order valence-corrected chi connectivity index (χ3v) is 5.60. The number of aromatic nitrogens is 1. The largest absolute Gasteiger partial charge is 0.489 e. The fraction of sp³-hybridized carbons (Fsp3) is 0.0833. The minimum Gasteiger partial charge on any atom is -0.489 e. The van der Waals surface area contributed by atoms with Crippen LogP contribution in [0.15, 0.2) is 72.1 Å². The molecule has 0 radical (unpaired) electrons. The molecule has 1 aromatic heterocycles. The van der Waals surface area contributed by atoms with Gasteiger partial charge in [-0.15, -0.1) is 11.3 Å². The Hall–Kier alpha value is -3.79. The molecule has 1 N–H and O–H groups in total. The molecule has 174 valence electrons. The number of benzene rings is 3. The highest BCUT2D eigenvalue weighted by Crippen LogP contribution is 2.30. The molecule has 0 bridgehead atoms. The van der Waals surface area contributed by atoms with Crippen molar-refractivity contribution in [3.8, 4) is 16.3 Å². The van der Waals surface area contributed by atoms with Crippen LogP contribution in [0.4, 0.5) is 27.6 Å². The van der Waals surface area contributed by atoms with Crippen molar-refractivity contribution in [1.82, 2.24) is 4.98 Å². The van der Waals surface area contributed by atoms with E-state index in [1.807, 2.05) is 0 Å². The van der Waals surface area contributed by atoms with Crippen molar-refractivity contribution in [3.05, 3.63) is 101 Å². The van der Waals surface area contributed by atoms with Gasteiger partial charge >= 0.3 is 6.18 Å². The number of anilines is 1. The summed E-state index contributed by atoms with van der Waals surface area (Å²) in [7, 11) is 0. The van der Waals surface area contributed by atoms with Crippen LogP contribution in [0.5, 0.6) is 5.75 Å². The van der Waals surface area contributed by atoms with Gasteiger partial charge in [-0.3, -0.25) is 4.79 Å². The molecule has 0 saturated carbocycles. The Labute approximate surface area is 194 Å². The molecule has 10 heteroatoms. The number of rotatable bonds is 6. The summed E-state index contributed by atoms with van der Waals surface area (Å²) in [6.45, 7) is -0.144. The Morgan fingerprint density at radius 2 is 1.68 bits per heavy atom. The van der Waals surface area contributed by atoms with Crippen LogP contribution in [-0.4, -0.2) is 10.9 Å². The van der Waals surface area contributed by atoms with Gasteiger partial charge in [-0.2, -0.15) is 13.2 Å². The number of hydrogen-bond donors (Lipinski definition) is 1. The summed E-state index contributed by atoms with van der Waals surface area (Å²) in [4.78, 5) is 16.7. The fourth-order valence-corrected chi connectivity index (χ4v) is 3.76. The number of hydrogen-bond acceptors (Lipinski definition) is 4. The van der Waals surface area contributed by atoms with Gasteiger partial charge in [0, 0.05) is 22.2 Å². The predicted octanol–water partition coefficient (Wildman–Crippen LogP) is 6.94. The second-order valence-corrected chi connectivity index (χ2v) is 7.97. The predicted molar refractivity (Wildman–Crippen MR) is 118 cm³/mol. The maximum Gasteiger partial charge on any atom is 0.416 e. The lowest BCUT2D eigenvalue weighted by Gasteiger charge is -2.08. The van der Waals surface area contributed by atoms with Crippen LogP contribution in [0, 0.1) is 11.6 Å². The first-order valence-electron chi connectivity index (χ1n) is 9.80. The van der Waals surface area contributed by atoms with Crippen molar-refractivity contribution in [1.29, 1.82) is 0 Å². The number of carbonyl (C=O) groups is 1. The van der Waals surface area contributed by atoms with Crippen LogP contribution in [0.1, 0.15) is 21.6 Å². The smallest absolute Gasteiger partial charge is 0.416 e. The molecule has 4 nitrogen and oxygen atoms in total. The number of nitrogens with one attached hydrogen (secondary N) is 1. The first-order chi connectivity index (χ1) is 16.2. The molecule has 1 heterocycles. The van der Waals surface area contributed by atoms with Crippen molar-refractivity contribution in [2.45, 2.75) is 12.8 Å². The molecule has 3 aromatic carbocycles. The number of ether oxygens (including phenoxy) is 1. The van der Waals surface area contributed by atoms with Crippen molar-refractivity contribution in [2.75, 3.05) is 5.32 Å². The van der Waals surface area contributed by atoms with Gasteiger partial charge in [0.25, 0.3) is 5.91 Å². The molecule has 34 heavy (non-hydrogen) atoms. The van der Waals surface area contributed by atoms with Crippen LogP contribution in [0.25, 0.3) is 10.6 Å². The highest BCUT2D eigenvalue weighted by atomic mass is 32.1. The van der Waals surface area contributed by atoms with Crippen LogP contribution < -0.4 is 10.1 Å². The van der Waals surface area contributed by atoms with E-state index >= 15 is 0 Å². The summed E-state index contributed by atoms with van der Waals surface area (Å²) in [5.74, 6) is -1.25. The van der Waals surface area contributed by atoms with Gasteiger partial charge in [-0.05, 0) is 66.7 Å². The van der Waals surface area contributed by atoms with E-state index < -0.39 is 29.3 Å². The Morgan fingerprint density at radius 1 is 0.971 bits per heavy atom. The lowest BCUT2D eigenvalue weighted by molar-refractivity contribution is -0.137. The fourth-order valence-electron chi connectivity index (χ4n) is 2.96. The molecule has 0 aliphatic heterocycles. The second kappa shape index (κ2) is 9.60. The molecule has 0 aliphatic rings. The topological polar surface area (TPSA) is 51.2 Å². The average Bonchev–Trinajstić information content (AvgIpc) is 3.30.